The Bertz CT molecular complexity index is 648. The van der Waals surface area contributed by atoms with Gasteiger partial charge in [0.1, 0.15) is 11.6 Å². The summed E-state index contributed by atoms with van der Waals surface area (Å²) in [4.78, 5) is 10.6. The number of carbonyl (C=O) groups is 1. The maximum Gasteiger partial charge on any atom is 0.371 e. The van der Waals surface area contributed by atoms with Crippen molar-refractivity contribution in [3.05, 3.63) is 58.3 Å². The maximum absolute atomic E-state index is 13.5. The van der Waals surface area contributed by atoms with Crippen molar-refractivity contribution in [2.45, 2.75) is 11.5 Å². The summed E-state index contributed by atoms with van der Waals surface area (Å²) in [7, 11) is -1.45. The van der Waals surface area contributed by atoms with Gasteiger partial charge in [-0.15, -0.1) is 0 Å². The predicted molar refractivity (Wildman–Crippen MR) is 72.6 cm³/mol. The van der Waals surface area contributed by atoms with E-state index in [1.807, 2.05) is 0 Å². The van der Waals surface area contributed by atoms with Crippen molar-refractivity contribution in [3.8, 4) is 0 Å². The van der Waals surface area contributed by atoms with Crippen molar-refractivity contribution < 1.29 is 22.9 Å². The molecule has 4 nitrogen and oxygen atoms in total. The molecule has 0 amide bonds. The fraction of sp³-hybridized carbons (Fsp3) is 0.154. The molecule has 1 heterocycles. The van der Waals surface area contributed by atoms with Gasteiger partial charge in [-0.1, -0.05) is 17.7 Å². The number of furan rings is 1. The van der Waals surface area contributed by atoms with Crippen LogP contribution in [0.25, 0.3) is 0 Å². The van der Waals surface area contributed by atoms with E-state index >= 15 is 0 Å². The number of rotatable bonds is 5. The third-order valence-electron chi connectivity index (χ3n) is 2.54. The average Bonchev–Trinajstić information content (AvgIpc) is 2.82. The monoisotopic (exact) mass is 316 g/mol. The lowest BCUT2D eigenvalue weighted by Crippen LogP contribution is -2.02. The Morgan fingerprint density at radius 1 is 1.30 bits per heavy atom. The van der Waals surface area contributed by atoms with Crippen LogP contribution in [-0.4, -0.2) is 15.3 Å². The zero-order valence-electron chi connectivity index (χ0n) is 10.1. The summed E-state index contributed by atoms with van der Waals surface area (Å²) in [6.07, 6.45) is 0. The molecular formula is C13H10ClFO4S. The highest BCUT2D eigenvalue weighted by Crippen LogP contribution is 2.21. The number of hydrogen-bond donors (Lipinski definition) is 1. The standard InChI is InChI=1S/C13H10ClFO4S/c14-10-2-1-3-11(15)9(10)7-20(18)6-8-4-5-12(19-8)13(16)17/h1-5H,6-7H2,(H,16,17). The molecule has 0 aliphatic heterocycles. The van der Waals surface area contributed by atoms with E-state index in [1.165, 1.54) is 30.3 Å². The van der Waals surface area contributed by atoms with Crippen LogP contribution in [0.4, 0.5) is 4.39 Å². The first-order chi connectivity index (χ1) is 9.47. The van der Waals surface area contributed by atoms with Gasteiger partial charge in [-0.2, -0.15) is 0 Å². The minimum Gasteiger partial charge on any atom is -0.475 e. The van der Waals surface area contributed by atoms with Crippen LogP contribution in [0.3, 0.4) is 0 Å². The highest BCUT2D eigenvalue weighted by Gasteiger charge is 2.14. The first-order valence-corrected chi connectivity index (χ1v) is 7.44. The van der Waals surface area contributed by atoms with Crippen molar-refractivity contribution in [1.29, 1.82) is 0 Å². The van der Waals surface area contributed by atoms with Crippen LogP contribution in [0.15, 0.2) is 34.7 Å². The number of carboxylic acids is 1. The van der Waals surface area contributed by atoms with Gasteiger partial charge < -0.3 is 9.52 Å². The third-order valence-corrected chi connectivity index (χ3v) is 4.11. The number of aromatic carboxylic acids is 1. The molecule has 1 N–H and O–H groups in total. The molecule has 7 heteroatoms. The zero-order chi connectivity index (χ0) is 14.7. The Kier molecular flexibility index (Phi) is 4.57. The van der Waals surface area contributed by atoms with Crippen LogP contribution < -0.4 is 0 Å². The molecule has 0 bridgehead atoms. The van der Waals surface area contributed by atoms with Crippen molar-refractivity contribution >= 4 is 28.4 Å². The van der Waals surface area contributed by atoms with Gasteiger partial charge in [-0.3, -0.25) is 4.21 Å². The molecular weight excluding hydrogens is 307 g/mol. The van der Waals surface area contributed by atoms with Gasteiger partial charge in [-0.05, 0) is 24.3 Å². The molecule has 106 valence electrons. The lowest BCUT2D eigenvalue weighted by atomic mass is 10.2. The molecule has 1 aromatic heterocycles. The molecule has 1 atom stereocenters. The third kappa shape index (κ3) is 3.46. The van der Waals surface area contributed by atoms with Gasteiger partial charge in [0.05, 0.1) is 11.5 Å². The summed E-state index contributed by atoms with van der Waals surface area (Å²) in [5.74, 6) is -1.73. The highest BCUT2D eigenvalue weighted by atomic mass is 35.5. The van der Waals surface area contributed by atoms with E-state index in [0.717, 1.165) is 0 Å². The molecule has 0 saturated heterocycles. The molecule has 0 fully saturated rings. The van der Waals surface area contributed by atoms with Gasteiger partial charge in [0.25, 0.3) is 0 Å². The van der Waals surface area contributed by atoms with Crippen molar-refractivity contribution in [2.75, 3.05) is 0 Å². The molecule has 0 saturated carbocycles. The van der Waals surface area contributed by atoms with E-state index < -0.39 is 22.6 Å². The van der Waals surface area contributed by atoms with Crippen molar-refractivity contribution in [2.24, 2.45) is 0 Å². The SMILES string of the molecule is O=C(O)c1ccc(CS(=O)Cc2c(F)cccc2Cl)o1. The molecule has 1 aromatic carbocycles. The van der Waals surface area contributed by atoms with Crippen LogP contribution in [0.2, 0.25) is 5.02 Å². The van der Waals surface area contributed by atoms with E-state index in [1.54, 1.807) is 0 Å². The van der Waals surface area contributed by atoms with Gasteiger partial charge >= 0.3 is 5.97 Å². The van der Waals surface area contributed by atoms with E-state index in [0.29, 0.717) is 0 Å². The Balaban J connectivity index is 2.07. The van der Waals surface area contributed by atoms with Crippen molar-refractivity contribution in [1.82, 2.24) is 0 Å². The second-order valence-corrected chi connectivity index (χ2v) is 5.86. The first-order valence-electron chi connectivity index (χ1n) is 5.57. The smallest absolute Gasteiger partial charge is 0.371 e. The van der Waals surface area contributed by atoms with Gasteiger partial charge in [0, 0.05) is 21.4 Å². The van der Waals surface area contributed by atoms with Gasteiger partial charge in [0.2, 0.25) is 5.76 Å². The molecule has 0 aliphatic carbocycles. The number of halogens is 2. The van der Waals surface area contributed by atoms with E-state index in [2.05, 4.69) is 0 Å². The second-order valence-electron chi connectivity index (χ2n) is 4.00. The number of hydrogen-bond acceptors (Lipinski definition) is 3. The maximum atomic E-state index is 13.5. The normalized spacial score (nSPS) is 12.3. The van der Waals surface area contributed by atoms with Crippen LogP contribution in [0, 0.1) is 5.82 Å². The van der Waals surface area contributed by atoms with E-state index in [9.17, 15) is 13.4 Å². The summed E-state index contributed by atoms with van der Waals surface area (Å²) < 4.78 is 30.5. The van der Waals surface area contributed by atoms with E-state index in [4.69, 9.17) is 21.1 Å². The fourth-order valence-corrected chi connectivity index (χ4v) is 3.11. The lowest BCUT2D eigenvalue weighted by Gasteiger charge is -2.05. The van der Waals surface area contributed by atoms with Gasteiger partial charge in [0.15, 0.2) is 0 Å². The summed E-state index contributed by atoms with van der Waals surface area (Å²) in [5, 5.41) is 8.92. The van der Waals surface area contributed by atoms with Gasteiger partial charge in [-0.25, -0.2) is 9.18 Å². The van der Waals surface area contributed by atoms with Crippen LogP contribution in [-0.2, 0) is 22.3 Å². The van der Waals surface area contributed by atoms with E-state index in [-0.39, 0.29) is 33.6 Å². The van der Waals surface area contributed by atoms with Crippen LogP contribution >= 0.6 is 11.6 Å². The Hall–Kier alpha value is -1.66. The average molecular weight is 317 g/mol. The second kappa shape index (κ2) is 6.19. The molecule has 0 radical (unpaired) electrons. The molecule has 2 rings (SSSR count). The first kappa shape index (κ1) is 14.7. The molecule has 2 aromatic rings. The fourth-order valence-electron chi connectivity index (χ4n) is 1.61. The largest absolute Gasteiger partial charge is 0.475 e. The van der Waals surface area contributed by atoms with Crippen LogP contribution in [0.1, 0.15) is 21.9 Å². The molecule has 1 unspecified atom stereocenters. The number of benzene rings is 1. The lowest BCUT2D eigenvalue weighted by molar-refractivity contribution is 0.0660. The summed E-state index contributed by atoms with van der Waals surface area (Å²) in [5.41, 5.74) is 0.178. The Morgan fingerprint density at radius 2 is 2.05 bits per heavy atom. The zero-order valence-corrected chi connectivity index (χ0v) is 11.7. The molecule has 0 aliphatic rings. The minimum atomic E-state index is -1.45. The minimum absolute atomic E-state index is 0.00204. The van der Waals surface area contributed by atoms with Crippen molar-refractivity contribution in [3.63, 3.8) is 0 Å². The Morgan fingerprint density at radius 3 is 2.65 bits per heavy atom. The molecule has 20 heavy (non-hydrogen) atoms. The van der Waals surface area contributed by atoms with Crippen LogP contribution in [0.5, 0.6) is 0 Å². The Labute approximate surface area is 121 Å². The summed E-state index contributed by atoms with van der Waals surface area (Å²) >= 11 is 5.85. The summed E-state index contributed by atoms with van der Waals surface area (Å²) in [6.45, 7) is 0. The highest BCUT2D eigenvalue weighted by molar-refractivity contribution is 7.83. The molecule has 0 spiro atoms. The quantitative estimate of drug-likeness (QED) is 0.919. The summed E-state index contributed by atoms with van der Waals surface area (Å²) in [6, 6.07) is 6.95. The number of carboxylic acid groups (broad SMARTS) is 1. The predicted octanol–water partition coefficient (Wildman–Crippen LogP) is 3.22. The topological polar surface area (TPSA) is 67.5 Å².